The van der Waals surface area contributed by atoms with E-state index in [0.29, 0.717) is 22.9 Å². The maximum Gasteiger partial charge on any atom is 0.296 e. The van der Waals surface area contributed by atoms with Gasteiger partial charge in [-0.15, -0.1) is 0 Å². The minimum Gasteiger partial charge on any atom is -0.504 e. The smallest absolute Gasteiger partial charge is 0.296 e. The molecule has 8 nitrogen and oxygen atoms in total. The molecule has 0 aliphatic carbocycles. The highest BCUT2D eigenvalue weighted by Crippen LogP contribution is 2.30. The van der Waals surface area contributed by atoms with Gasteiger partial charge in [0.05, 0.1) is 25.4 Å². The van der Waals surface area contributed by atoms with Crippen molar-refractivity contribution in [3.63, 3.8) is 0 Å². The molecule has 8 heteroatoms. The zero-order valence-electron chi connectivity index (χ0n) is 17.6. The number of aromatic hydroxyl groups is 1. The first kappa shape index (κ1) is 20.2. The Morgan fingerprint density at radius 3 is 2.61 bits per heavy atom. The number of hydrogen-bond acceptors (Lipinski definition) is 7. The number of aryl methyl sites for hydroxylation is 1. The van der Waals surface area contributed by atoms with Gasteiger partial charge in [-0.3, -0.25) is 15.2 Å². The van der Waals surface area contributed by atoms with Crippen LogP contribution >= 0.6 is 0 Å². The molecular weight excluding hydrogens is 396 g/mol. The molecule has 0 saturated heterocycles. The summed E-state index contributed by atoms with van der Waals surface area (Å²) in [5.41, 5.74) is 6.45. The molecule has 0 bridgehead atoms. The lowest BCUT2D eigenvalue weighted by Gasteiger charge is -2.20. The van der Waals surface area contributed by atoms with Crippen LogP contribution < -0.4 is 14.9 Å². The summed E-state index contributed by atoms with van der Waals surface area (Å²) >= 11 is 0. The Morgan fingerprint density at radius 2 is 1.87 bits per heavy atom. The molecule has 0 unspecified atom stereocenters. The zero-order chi connectivity index (χ0) is 22.1. The highest BCUT2D eigenvalue weighted by molar-refractivity contribution is 6.14. The van der Waals surface area contributed by atoms with E-state index in [2.05, 4.69) is 15.4 Å². The van der Waals surface area contributed by atoms with Gasteiger partial charge in [-0.05, 0) is 61.9 Å². The summed E-state index contributed by atoms with van der Waals surface area (Å²) < 4.78 is 10.5. The number of amidine groups is 1. The van der Waals surface area contributed by atoms with E-state index in [-0.39, 0.29) is 17.4 Å². The first-order valence-electron chi connectivity index (χ1n) is 9.60. The number of phenols is 1. The Labute approximate surface area is 179 Å². The van der Waals surface area contributed by atoms with Crippen LogP contribution in [0.3, 0.4) is 0 Å². The fourth-order valence-electron chi connectivity index (χ4n) is 3.38. The molecule has 1 aliphatic heterocycles. The molecule has 3 aromatic rings. The number of ether oxygens (including phenoxy) is 2. The second-order valence-electron chi connectivity index (χ2n) is 7.07. The number of aromatic nitrogens is 1. The number of aliphatic imine (C=N–C) groups is 1. The molecule has 1 aliphatic rings. The monoisotopic (exact) mass is 418 g/mol. The van der Waals surface area contributed by atoms with Crippen molar-refractivity contribution in [2.24, 2.45) is 4.99 Å². The standard InChI is InChI=1S/C23H22N4O4/c1-13-9-19(17-12-16(30-3)6-7-18(17)24-13)26-27-14(2)25-20(23(27)29)10-15-5-8-21(28)22(11-15)31-4/h5-12,28H,1-4H3,(H,24,26)/b20-10+. The van der Waals surface area contributed by atoms with Crippen LogP contribution in [0.5, 0.6) is 17.2 Å². The van der Waals surface area contributed by atoms with Gasteiger partial charge in [0.2, 0.25) is 0 Å². The number of nitrogens with zero attached hydrogens (tertiary/aromatic N) is 3. The number of fused-ring (bicyclic) bond motifs is 1. The van der Waals surface area contributed by atoms with Gasteiger partial charge in [-0.25, -0.2) is 10.0 Å². The Bertz CT molecular complexity index is 1250. The summed E-state index contributed by atoms with van der Waals surface area (Å²) in [7, 11) is 3.07. The van der Waals surface area contributed by atoms with E-state index in [1.54, 1.807) is 32.2 Å². The van der Waals surface area contributed by atoms with E-state index in [1.165, 1.54) is 18.2 Å². The number of hydrazine groups is 1. The van der Waals surface area contributed by atoms with E-state index in [0.717, 1.165) is 22.3 Å². The first-order chi connectivity index (χ1) is 14.9. The average molecular weight is 418 g/mol. The molecule has 31 heavy (non-hydrogen) atoms. The zero-order valence-corrected chi connectivity index (χ0v) is 17.6. The molecule has 0 atom stereocenters. The summed E-state index contributed by atoms with van der Waals surface area (Å²) in [6.07, 6.45) is 1.65. The maximum absolute atomic E-state index is 13.0. The number of phenolic OH excluding ortho intramolecular Hbond substituents is 1. The van der Waals surface area contributed by atoms with E-state index in [9.17, 15) is 9.90 Å². The minimum atomic E-state index is -0.296. The largest absolute Gasteiger partial charge is 0.504 e. The molecule has 0 fully saturated rings. The third kappa shape index (κ3) is 3.87. The van der Waals surface area contributed by atoms with Gasteiger partial charge in [0.15, 0.2) is 11.5 Å². The van der Waals surface area contributed by atoms with Crippen molar-refractivity contribution in [3.8, 4) is 17.2 Å². The lowest BCUT2D eigenvalue weighted by molar-refractivity contribution is -0.121. The van der Waals surface area contributed by atoms with Crippen LogP contribution in [0, 0.1) is 6.92 Å². The van der Waals surface area contributed by atoms with Gasteiger partial charge in [0.25, 0.3) is 5.91 Å². The Hall–Kier alpha value is -4.07. The first-order valence-corrected chi connectivity index (χ1v) is 9.60. The van der Waals surface area contributed by atoms with Crippen molar-refractivity contribution < 1.29 is 19.4 Å². The molecule has 2 N–H and O–H groups in total. The van der Waals surface area contributed by atoms with Crippen LogP contribution in [-0.2, 0) is 4.79 Å². The SMILES string of the molecule is COc1ccc2nc(C)cc(NN3C(=O)/C(=C\c4ccc(O)c(OC)c4)N=C3C)c2c1. The van der Waals surface area contributed by atoms with E-state index < -0.39 is 0 Å². The Balaban J connectivity index is 1.67. The van der Waals surface area contributed by atoms with E-state index >= 15 is 0 Å². The van der Waals surface area contributed by atoms with Gasteiger partial charge in [0, 0.05) is 11.1 Å². The number of benzene rings is 2. The van der Waals surface area contributed by atoms with Crippen LogP contribution in [0.15, 0.2) is 53.2 Å². The molecule has 1 amide bonds. The molecule has 2 aromatic carbocycles. The normalized spacial score (nSPS) is 14.8. The van der Waals surface area contributed by atoms with Gasteiger partial charge in [-0.2, -0.15) is 0 Å². The van der Waals surface area contributed by atoms with Crippen LogP contribution in [0.4, 0.5) is 5.69 Å². The summed E-state index contributed by atoms with van der Waals surface area (Å²) in [6, 6.07) is 12.3. The molecule has 158 valence electrons. The fraction of sp³-hybridized carbons (Fsp3) is 0.174. The van der Waals surface area contributed by atoms with Gasteiger partial charge >= 0.3 is 0 Å². The van der Waals surface area contributed by atoms with Crippen molar-refractivity contribution in [2.45, 2.75) is 13.8 Å². The topological polar surface area (TPSA) is 96.3 Å². The molecule has 2 heterocycles. The highest BCUT2D eigenvalue weighted by Gasteiger charge is 2.28. The average Bonchev–Trinajstić information content (AvgIpc) is 3.02. The number of carbonyl (C=O) groups is 1. The summed E-state index contributed by atoms with van der Waals surface area (Å²) in [5, 5.41) is 12.0. The predicted octanol–water partition coefficient (Wildman–Crippen LogP) is 3.89. The van der Waals surface area contributed by atoms with E-state index in [1.807, 2.05) is 31.2 Å². The van der Waals surface area contributed by atoms with Crippen LogP contribution in [0.2, 0.25) is 0 Å². The Morgan fingerprint density at radius 1 is 1.06 bits per heavy atom. The molecule has 1 aromatic heterocycles. The second kappa shape index (κ2) is 7.98. The number of pyridine rings is 1. The summed E-state index contributed by atoms with van der Waals surface area (Å²) in [4.78, 5) is 22.0. The summed E-state index contributed by atoms with van der Waals surface area (Å²) in [6.45, 7) is 3.64. The van der Waals surface area contributed by atoms with Crippen molar-refractivity contribution in [1.82, 2.24) is 9.99 Å². The van der Waals surface area contributed by atoms with Gasteiger partial charge in [-0.1, -0.05) is 6.07 Å². The highest BCUT2D eigenvalue weighted by atomic mass is 16.5. The third-order valence-corrected chi connectivity index (χ3v) is 4.91. The number of amides is 1. The number of methoxy groups -OCH3 is 2. The third-order valence-electron chi connectivity index (χ3n) is 4.91. The lowest BCUT2D eigenvalue weighted by Crippen LogP contribution is -2.36. The Kier molecular flexibility index (Phi) is 5.21. The minimum absolute atomic E-state index is 0.0285. The van der Waals surface area contributed by atoms with E-state index in [4.69, 9.17) is 9.47 Å². The van der Waals surface area contributed by atoms with Crippen LogP contribution in [0.25, 0.3) is 17.0 Å². The lowest BCUT2D eigenvalue weighted by atomic mass is 10.1. The number of nitrogens with one attached hydrogen (secondary N) is 1. The van der Waals surface area contributed by atoms with Crippen molar-refractivity contribution in [2.75, 3.05) is 19.6 Å². The molecule has 4 rings (SSSR count). The quantitative estimate of drug-likeness (QED) is 0.610. The predicted molar refractivity (Wildman–Crippen MR) is 119 cm³/mol. The fourth-order valence-corrected chi connectivity index (χ4v) is 3.38. The van der Waals surface area contributed by atoms with Gasteiger partial charge in [0.1, 0.15) is 17.3 Å². The van der Waals surface area contributed by atoms with Crippen LogP contribution in [-0.4, -0.2) is 41.1 Å². The van der Waals surface area contributed by atoms with Crippen molar-refractivity contribution in [1.29, 1.82) is 0 Å². The molecule has 0 radical (unpaired) electrons. The molecular formula is C23H22N4O4. The summed E-state index contributed by atoms with van der Waals surface area (Å²) in [5.74, 6) is 1.26. The molecule has 0 saturated carbocycles. The number of rotatable bonds is 5. The number of anilines is 1. The van der Waals surface area contributed by atoms with Crippen molar-refractivity contribution in [3.05, 3.63) is 59.4 Å². The number of hydrogen-bond donors (Lipinski definition) is 2. The van der Waals surface area contributed by atoms with Gasteiger partial charge < -0.3 is 14.6 Å². The molecule has 0 spiro atoms. The maximum atomic E-state index is 13.0. The van der Waals surface area contributed by atoms with Crippen molar-refractivity contribution >= 4 is 34.4 Å². The van der Waals surface area contributed by atoms with Crippen LogP contribution in [0.1, 0.15) is 18.2 Å². The second-order valence-corrected chi connectivity index (χ2v) is 7.07. The number of carbonyl (C=O) groups excluding carboxylic acids is 1.